The predicted molar refractivity (Wildman–Crippen MR) is 86.1 cm³/mol. The topological polar surface area (TPSA) is 56.3 Å². The van der Waals surface area contributed by atoms with Crippen molar-refractivity contribution in [3.8, 4) is 5.88 Å². The molecular formula is C16H29N3O2. The molecule has 0 amide bonds. The van der Waals surface area contributed by atoms with Gasteiger partial charge in [0, 0.05) is 31.6 Å². The summed E-state index contributed by atoms with van der Waals surface area (Å²) in [6.45, 7) is 13.8. The Hall–Kier alpha value is -1.36. The van der Waals surface area contributed by atoms with Crippen molar-refractivity contribution in [3.63, 3.8) is 0 Å². The van der Waals surface area contributed by atoms with E-state index >= 15 is 0 Å². The molecule has 0 atom stereocenters. The molecule has 0 aromatic carbocycles. The second-order valence-corrected chi connectivity index (χ2v) is 6.76. The summed E-state index contributed by atoms with van der Waals surface area (Å²) in [5.41, 5.74) is -0.306. The fourth-order valence-electron chi connectivity index (χ4n) is 1.61. The number of nitrogens with one attached hydrogen (secondary N) is 1. The summed E-state index contributed by atoms with van der Waals surface area (Å²) in [5, 5.41) is 3.22. The monoisotopic (exact) mass is 295 g/mol. The molecule has 5 heteroatoms. The Morgan fingerprint density at radius 2 is 1.81 bits per heavy atom. The van der Waals surface area contributed by atoms with Gasteiger partial charge in [0.2, 0.25) is 5.88 Å². The Kier molecular flexibility index (Phi) is 5.96. The van der Waals surface area contributed by atoms with Crippen LogP contribution >= 0.6 is 0 Å². The zero-order valence-electron chi connectivity index (χ0n) is 14.4. The Labute approximate surface area is 128 Å². The van der Waals surface area contributed by atoms with Gasteiger partial charge in [0.25, 0.3) is 0 Å². The summed E-state index contributed by atoms with van der Waals surface area (Å²) in [4.78, 5) is 9.06. The van der Waals surface area contributed by atoms with Gasteiger partial charge >= 0.3 is 0 Å². The maximum atomic E-state index is 5.80. The van der Waals surface area contributed by atoms with Crippen LogP contribution in [-0.2, 0) is 10.2 Å². The van der Waals surface area contributed by atoms with Crippen LogP contribution in [0.2, 0.25) is 0 Å². The van der Waals surface area contributed by atoms with Crippen molar-refractivity contribution in [3.05, 3.63) is 11.9 Å². The SMILES string of the molecule is CCNc1cc(OCCC(C)(C)OC)nc(C(C)(C)C)n1. The van der Waals surface area contributed by atoms with Gasteiger partial charge in [-0.1, -0.05) is 20.8 Å². The van der Waals surface area contributed by atoms with E-state index in [0.717, 1.165) is 24.6 Å². The lowest BCUT2D eigenvalue weighted by Crippen LogP contribution is -2.25. The highest BCUT2D eigenvalue weighted by atomic mass is 16.5. The fraction of sp³-hybridized carbons (Fsp3) is 0.750. The zero-order chi connectivity index (χ0) is 16.1. The standard InChI is InChI=1S/C16H29N3O2/c1-8-17-12-11-13(19-14(18-12)15(2,3)4)21-10-9-16(5,6)20-7/h11H,8-10H2,1-7H3,(H,17,18,19). The van der Waals surface area contributed by atoms with Gasteiger partial charge in [-0.05, 0) is 20.8 Å². The van der Waals surface area contributed by atoms with Gasteiger partial charge in [-0.3, -0.25) is 0 Å². The Morgan fingerprint density at radius 3 is 2.33 bits per heavy atom. The van der Waals surface area contributed by atoms with Crippen LogP contribution < -0.4 is 10.1 Å². The van der Waals surface area contributed by atoms with Crippen LogP contribution in [0.25, 0.3) is 0 Å². The van der Waals surface area contributed by atoms with Gasteiger partial charge < -0.3 is 14.8 Å². The van der Waals surface area contributed by atoms with Crippen LogP contribution in [0, 0.1) is 0 Å². The van der Waals surface area contributed by atoms with Crippen LogP contribution in [0.15, 0.2) is 6.07 Å². The van der Waals surface area contributed by atoms with E-state index in [1.54, 1.807) is 7.11 Å². The van der Waals surface area contributed by atoms with Crippen molar-refractivity contribution < 1.29 is 9.47 Å². The summed E-state index contributed by atoms with van der Waals surface area (Å²) >= 11 is 0. The highest BCUT2D eigenvalue weighted by Crippen LogP contribution is 2.23. The number of anilines is 1. The van der Waals surface area contributed by atoms with Gasteiger partial charge in [-0.15, -0.1) is 0 Å². The summed E-state index contributed by atoms with van der Waals surface area (Å²) < 4.78 is 11.2. The van der Waals surface area contributed by atoms with Crippen LogP contribution in [0.5, 0.6) is 5.88 Å². The summed E-state index contributed by atoms with van der Waals surface area (Å²) in [6.07, 6.45) is 0.800. The second kappa shape index (κ2) is 7.07. The summed E-state index contributed by atoms with van der Waals surface area (Å²) in [6, 6.07) is 1.85. The average molecular weight is 295 g/mol. The van der Waals surface area contributed by atoms with Crippen molar-refractivity contribution in [2.24, 2.45) is 0 Å². The first-order valence-electron chi connectivity index (χ1n) is 7.49. The van der Waals surface area contributed by atoms with Gasteiger partial charge in [0.15, 0.2) is 0 Å². The normalized spacial score (nSPS) is 12.3. The first-order chi connectivity index (χ1) is 9.68. The summed E-state index contributed by atoms with van der Waals surface area (Å²) in [7, 11) is 1.71. The number of hydrogen-bond donors (Lipinski definition) is 1. The lowest BCUT2D eigenvalue weighted by atomic mass is 9.96. The van der Waals surface area contributed by atoms with Crippen molar-refractivity contribution in [2.45, 2.75) is 59.0 Å². The molecule has 0 radical (unpaired) electrons. The van der Waals surface area contributed by atoms with Crippen LogP contribution in [0.3, 0.4) is 0 Å². The fourth-order valence-corrected chi connectivity index (χ4v) is 1.61. The minimum Gasteiger partial charge on any atom is -0.477 e. The Bertz CT molecular complexity index is 453. The molecule has 0 aliphatic rings. The highest BCUT2D eigenvalue weighted by molar-refractivity contribution is 5.39. The summed E-state index contributed by atoms with van der Waals surface area (Å²) in [5.74, 6) is 2.19. The molecule has 21 heavy (non-hydrogen) atoms. The van der Waals surface area contributed by atoms with Crippen LogP contribution in [-0.4, -0.2) is 35.8 Å². The molecule has 0 bridgehead atoms. The van der Waals surface area contributed by atoms with Gasteiger partial charge in [0.05, 0.1) is 12.2 Å². The van der Waals surface area contributed by atoms with E-state index in [1.807, 2.05) is 26.8 Å². The van der Waals surface area contributed by atoms with E-state index in [-0.39, 0.29) is 11.0 Å². The lowest BCUT2D eigenvalue weighted by molar-refractivity contribution is 0.00505. The van der Waals surface area contributed by atoms with Crippen molar-refractivity contribution in [2.75, 3.05) is 25.6 Å². The number of ether oxygens (including phenoxy) is 2. The third-order valence-corrected chi connectivity index (χ3v) is 3.24. The average Bonchev–Trinajstić information content (AvgIpc) is 2.38. The third-order valence-electron chi connectivity index (χ3n) is 3.24. The maximum absolute atomic E-state index is 5.80. The van der Waals surface area contributed by atoms with Crippen molar-refractivity contribution in [1.82, 2.24) is 9.97 Å². The molecule has 5 nitrogen and oxygen atoms in total. The molecule has 1 rings (SSSR count). The molecule has 0 aliphatic heterocycles. The van der Waals surface area contributed by atoms with Crippen LogP contribution in [0.1, 0.15) is 53.8 Å². The first kappa shape index (κ1) is 17.7. The van der Waals surface area contributed by atoms with Gasteiger partial charge in [-0.25, -0.2) is 4.98 Å². The lowest BCUT2D eigenvalue weighted by Gasteiger charge is -2.23. The third kappa shape index (κ3) is 5.87. The van der Waals surface area contributed by atoms with E-state index in [2.05, 4.69) is 36.1 Å². The molecule has 0 unspecified atom stereocenters. The molecule has 0 spiro atoms. The van der Waals surface area contributed by atoms with E-state index in [1.165, 1.54) is 0 Å². The number of methoxy groups -OCH3 is 1. The second-order valence-electron chi connectivity index (χ2n) is 6.76. The van der Waals surface area contributed by atoms with E-state index in [9.17, 15) is 0 Å². The molecule has 0 saturated heterocycles. The van der Waals surface area contributed by atoms with E-state index in [0.29, 0.717) is 12.5 Å². The van der Waals surface area contributed by atoms with Crippen molar-refractivity contribution in [1.29, 1.82) is 0 Å². The quantitative estimate of drug-likeness (QED) is 0.835. The number of hydrogen-bond acceptors (Lipinski definition) is 5. The predicted octanol–water partition coefficient (Wildman–Crippen LogP) is 3.40. The largest absolute Gasteiger partial charge is 0.477 e. The van der Waals surface area contributed by atoms with Crippen molar-refractivity contribution >= 4 is 5.82 Å². The molecule has 0 aliphatic carbocycles. The molecule has 1 N–H and O–H groups in total. The van der Waals surface area contributed by atoms with E-state index < -0.39 is 0 Å². The zero-order valence-corrected chi connectivity index (χ0v) is 14.4. The Balaban J connectivity index is 2.83. The molecule has 1 heterocycles. The van der Waals surface area contributed by atoms with Gasteiger partial charge in [0.1, 0.15) is 11.6 Å². The minimum absolute atomic E-state index is 0.116. The smallest absolute Gasteiger partial charge is 0.218 e. The number of nitrogens with zero attached hydrogens (tertiary/aromatic N) is 2. The Morgan fingerprint density at radius 1 is 1.14 bits per heavy atom. The minimum atomic E-state index is -0.190. The number of rotatable bonds is 7. The molecule has 120 valence electrons. The molecule has 1 aromatic heterocycles. The molecule has 1 aromatic rings. The number of aromatic nitrogens is 2. The molecule has 0 saturated carbocycles. The highest BCUT2D eigenvalue weighted by Gasteiger charge is 2.20. The van der Waals surface area contributed by atoms with E-state index in [4.69, 9.17) is 9.47 Å². The first-order valence-corrected chi connectivity index (χ1v) is 7.49. The molecule has 0 fully saturated rings. The maximum Gasteiger partial charge on any atom is 0.218 e. The van der Waals surface area contributed by atoms with Gasteiger partial charge in [-0.2, -0.15) is 4.98 Å². The molecular weight excluding hydrogens is 266 g/mol. The van der Waals surface area contributed by atoms with Crippen LogP contribution in [0.4, 0.5) is 5.82 Å².